The summed E-state index contributed by atoms with van der Waals surface area (Å²) in [6, 6.07) is 15.9. The highest BCUT2D eigenvalue weighted by Gasteiger charge is 2.25. The number of hydrogen-bond acceptors (Lipinski definition) is 8. The Labute approximate surface area is 205 Å². The second-order valence-corrected chi connectivity index (χ2v) is 8.87. The van der Waals surface area contributed by atoms with Crippen molar-refractivity contribution in [3.63, 3.8) is 0 Å². The first kappa shape index (κ1) is 24.9. The maximum Gasteiger partial charge on any atom is 0.335 e. The van der Waals surface area contributed by atoms with Gasteiger partial charge in [-0.25, -0.2) is 19.1 Å². The van der Waals surface area contributed by atoms with Crippen LogP contribution in [0.25, 0.3) is 0 Å². The van der Waals surface area contributed by atoms with Crippen LogP contribution in [0.4, 0.5) is 5.69 Å². The molecule has 4 rings (SSSR count). The molecule has 0 unspecified atom stereocenters. The summed E-state index contributed by atoms with van der Waals surface area (Å²) < 4.78 is 12.6. The number of H-pyrrole nitrogens is 1. The predicted molar refractivity (Wildman–Crippen MR) is 130 cm³/mol. The van der Waals surface area contributed by atoms with Crippen molar-refractivity contribution in [1.82, 2.24) is 19.3 Å². The van der Waals surface area contributed by atoms with Gasteiger partial charge in [-0.15, -0.1) is 0 Å². The highest BCUT2D eigenvalue weighted by atomic mass is 16.5. The largest absolute Gasteiger partial charge is 0.436 e. The van der Waals surface area contributed by atoms with Gasteiger partial charge >= 0.3 is 11.4 Å². The fourth-order valence-corrected chi connectivity index (χ4v) is 3.42. The molecule has 3 N–H and O–H groups in total. The number of aromatic nitrogens is 4. The Balaban J connectivity index is 1.77. The van der Waals surface area contributed by atoms with E-state index in [-0.39, 0.29) is 18.7 Å². The van der Waals surface area contributed by atoms with E-state index in [0.717, 1.165) is 15.7 Å². The summed E-state index contributed by atoms with van der Waals surface area (Å²) in [5.41, 5.74) is 0.0698. The first-order chi connectivity index (χ1) is 17.3. The van der Waals surface area contributed by atoms with E-state index in [1.165, 1.54) is 10.8 Å². The summed E-state index contributed by atoms with van der Waals surface area (Å²) in [5.74, 6) is 0.813. The van der Waals surface area contributed by atoms with Crippen LogP contribution in [-0.2, 0) is 13.1 Å². The quantitative estimate of drug-likeness (QED) is 0.321. The summed E-state index contributed by atoms with van der Waals surface area (Å²) in [6.45, 7) is 2.73. The topological polar surface area (TPSA) is 148 Å². The number of ether oxygens (including phenoxy) is 1. The lowest BCUT2D eigenvalue weighted by Gasteiger charge is -2.25. The van der Waals surface area contributed by atoms with Crippen LogP contribution in [0, 0.1) is 12.3 Å². The number of aromatic amines is 1. The van der Waals surface area contributed by atoms with E-state index in [4.69, 9.17) is 9.26 Å². The average molecular weight is 494 g/mol. The molecule has 0 bridgehead atoms. The molecule has 0 atom stereocenters. The zero-order valence-corrected chi connectivity index (χ0v) is 19.9. The van der Waals surface area contributed by atoms with Crippen molar-refractivity contribution in [3.05, 3.63) is 98.6 Å². The third-order valence-corrected chi connectivity index (χ3v) is 5.65. The van der Waals surface area contributed by atoms with Crippen LogP contribution in [0.1, 0.15) is 18.1 Å². The molecule has 11 nitrogen and oxygen atoms in total. The van der Waals surface area contributed by atoms with Gasteiger partial charge in [0.15, 0.2) is 0 Å². The van der Waals surface area contributed by atoms with Gasteiger partial charge in [0.05, 0.1) is 25.4 Å². The summed E-state index contributed by atoms with van der Waals surface area (Å²) >= 11 is 0. The van der Waals surface area contributed by atoms with Gasteiger partial charge in [-0.1, -0.05) is 36.8 Å². The average Bonchev–Trinajstić information content (AvgIpc) is 3.39. The van der Waals surface area contributed by atoms with Crippen LogP contribution in [-0.4, -0.2) is 42.7 Å². The lowest BCUT2D eigenvalue weighted by molar-refractivity contribution is 0.0526. The summed E-state index contributed by atoms with van der Waals surface area (Å²) in [7, 11) is 0. The lowest BCUT2D eigenvalue weighted by Crippen LogP contribution is -2.52. The normalized spacial score (nSPS) is 12.2. The van der Waals surface area contributed by atoms with Crippen molar-refractivity contribution < 1.29 is 19.5 Å². The molecule has 36 heavy (non-hydrogen) atoms. The molecule has 0 saturated heterocycles. The molecule has 4 aromatic rings. The van der Waals surface area contributed by atoms with Gasteiger partial charge in [-0.3, -0.25) is 9.55 Å². The van der Waals surface area contributed by atoms with Crippen molar-refractivity contribution in [2.75, 3.05) is 13.2 Å². The third kappa shape index (κ3) is 5.70. The lowest BCUT2D eigenvalue weighted by atomic mass is 9.93. The Morgan fingerprint density at radius 1 is 1.03 bits per heavy atom. The minimum Gasteiger partial charge on any atom is -0.436 e. The van der Waals surface area contributed by atoms with E-state index in [2.05, 4.69) is 15.1 Å². The molecular weight excluding hydrogens is 466 g/mol. The first-order valence-corrected chi connectivity index (χ1v) is 11.2. The summed E-state index contributed by atoms with van der Waals surface area (Å²) in [4.78, 5) is 33.5. The molecule has 0 aliphatic rings. The van der Waals surface area contributed by atoms with E-state index < -0.39 is 30.0 Å². The smallest absolute Gasteiger partial charge is 0.335 e. The fourth-order valence-electron chi connectivity index (χ4n) is 3.42. The van der Waals surface area contributed by atoms with Crippen molar-refractivity contribution in [3.8, 4) is 11.6 Å². The van der Waals surface area contributed by atoms with Crippen molar-refractivity contribution >= 4 is 5.69 Å². The van der Waals surface area contributed by atoms with Crippen LogP contribution in [0.3, 0.4) is 0 Å². The monoisotopic (exact) mass is 493 g/mol. The van der Waals surface area contributed by atoms with Crippen molar-refractivity contribution in [1.29, 1.82) is 0 Å². The molecular formula is C25H27N5O6. The Hall–Kier alpha value is -4.22. The summed E-state index contributed by atoms with van der Waals surface area (Å²) in [6.07, 6.45) is 1.40. The van der Waals surface area contributed by atoms with Crippen molar-refractivity contribution in [2.24, 2.45) is 10.4 Å². The molecule has 11 heteroatoms. The molecule has 188 valence electrons. The van der Waals surface area contributed by atoms with E-state index in [0.29, 0.717) is 17.3 Å². The predicted octanol–water partition coefficient (Wildman–Crippen LogP) is 1.70. The number of aliphatic hydroxyl groups is 2. The minimum atomic E-state index is -1.06. The van der Waals surface area contributed by atoms with Crippen molar-refractivity contribution in [2.45, 2.75) is 26.9 Å². The fraction of sp³-hybridized carbons (Fsp3) is 0.280. The first-order valence-electron chi connectivity index (χ1n) is 11.2. The number of benzene rings is 2. The minimum absolute atomic E-state index is 0.0571. The molecule has 0 radical (unpaired) electrons. The Kier molecular flexibility index (Phi) is 7.32. The highest BCUT2D eigenvalue weighted by molar-refractivity contribution is 5.41. The van der Waals surface area contributed by atoms with E-state index >= 15 is 0 Å². The molecule has 0 aliphatic heterocycles. The number of nitrogens with zero attached hydrogens (tertiary/aromatic N) is 4. The zero-order chi connectivity index (χ0) is 25.7. The third-order valence-electron chi connectivity index (χ3n) is 5.65. The molecule has 2 heterocycles. The van der Waals surface area contributed by atoms with Crippen LogP contribution in [0.15, 0.2) is 80.0 Å². The summed E-state index contributed by atoms with van der Waals surface area (Å²) in [5, 5.41) is 23.1. The number of rotatable bonds is 9. The molecule has 2 aromatic carbocycles. The zero-order valence-electron chi connectivity index (χ0n) is 19.9. The van der Waals surface area contributed by atoms with E-state index in [1.807, 2.05) is 31.2 Å². The van der Waals surface area contributed by atoms with E-state index in [1.54, 1.807) is 37.3 Å². The number of nitrogens with one attached hydrogen (secondary N) is 1. The maximum absolute atomic E-state index is 13.5. The van der Waals surface area contributed by atoms with Crippen LogP contribution in [0.2, 0.25) is 0 Å². The van der Waals surface area contributed by atoms with Gasteiger partial charge < -0.3 is 19.5 Å². The Bertz CT molecular complexity index is 1480. The number of aryl methyl sites for hydroxylation is 1. The SMILES string of the molecule is Cc1ccc(Cn2c(=O)n(CC(C)(CO)CO)c(=O)[nH]/c2=N\c2ccc(Oc3ccon3)cc2)cc1. The van der Waals surface area contributed by atoms with Crippen LogP contribution >= 0.6 is 0 Å². The van der Waals surface area contributed by atoms with Gasteiger partial charge in [0.1, 0.15) is 12.0 Å². The molecule has 0 amide bonds. The molecule has 2 aromatic heterocycles. The van der Waals surface area contributed by atoms with Gasteiger partial charge in [-0.2, -0.15) is 0 Å². The second kappa shape index (κ2) is 10.6. The van der Waals surface area contributed by atoms with Gasteiger partial charge in [0, 0.05) is 18.0 Å². The van der Waals surface area contributed by atoms with E-state index in [9.17, 15) is 19.8 Å². The number of hydrogen-bond donors (Lipinski definition) is 3. The molecule has 0 spiro atoms. The maximum atomic E-state index is 13.5. The molecule has 0 aliphatic carbocycles. The van der Waals surface area contributed by atoms with Gasteiger partial charge in [-0.05, 0) is 41.9 Å². The molecule has 0 fully saturated rings. The Morgan fingerprint density at radius 3 is 2.33 bits per heavy atom. The molecule has 0 saturated carbocycles. The number of aliphatic hydroxyl groups excluding tert-OH is 2. The van der Waals surface area contributed by atoms with Gasteiger partial charge in [0.25, 0.3) is 5.88 Å². The van der Waals surface area contributed by atoms with Crippen LogP contribution in [0.5, 0.6) is 11.6 Å². The van der Waals surface area contributed by atoms with Crippen LogP contribution < -0.4 is 21.7 Å². The standard InChI is InChI=1S/C25H27N5O6/c1-17-3-5-18(6-4-17)13-29-22(27-23(33)30(24(29)34)14-25(2,15-31)16-32)26-19-7-9-20(10-8-19)36-21-11-12-35-28-21/h3-12,31-32H,13-16H2,1-2H3,(H,26,27,33). The second-order valence-electron chi connectivity index (χ2n) is 8.87. The van der Waals surface area contributed by atoms with Gasteiger partial charge in [0.2, 0.25) is 5.62 Å². The highest BCUT2D eigenvalue weighted by Crippen LogP contribution is 2.22. The Morgan fingerprint density at radius 2 is 1.72 bits per heavy atom.